The number of hydrogen-bond acceptors (Lipinski definition) is 5. The number of esters is 2. The van der Waals surface area contributed by atoms with Crippen molar-refractivity contribution in [2.45, 2.75) is 348 Å². The van der Waals surface area contributed by atoms with Crippen molar-refractivity contribution in [3.05, 3.63) is 24.3 Å². The first kappa shape index (κ1) is 66.4. The molecule has 0 fully saturated rings. The van der Waals surface area contributed by atoms with E-state index in [2.05, 4.69) is 45.1 Å². The molecule has 0 aliphatic carbocycles. The molecule has 0 bridgehead atoms. The number of ether oxygens (including phenoxy) is 3. The molecular formula is C63H120O5. The molecule has 0 aromatic rings. The first-order valence-electron chi connectivity index (χ1n) is 30.9. The van der Waals surface area contributed by atoms with Crippen LogP contribution in [0.1, 0.15) is 342 Å². The van der Waals surface area contributed by atoms with E-state index in [0.29, 0.717) is 26.1 Å². The van der Waals surface area contributed by atoms with Crippen molar-refractivity contribution in [1.82, 2.24) is 0 Å². The van der Waals surface area contributed by atoms with E-state index in [4.69, 9.17) is 14.2 Å². The highest BCUT2D eigenvalue weighted by Gasteiger charge is 2.18. The molecule has 5 nitrogen and oxygen atoms in total. The minimum Gasteiger partial charge on any atom is -0.462 e. The zero-order valence-corrected chi connectivity index (χ0v) is 46.4. The number of carbonyl (C=O) groups excluding carboxylic acids is 2. The fourth-order valence-corrected chi connectivity index (χ4v) is 9.33. The standard InChI is InChI=1S/C63H120O5/c1-4-7-10-13-16-19-22-25-28-30-32-33-36-38-41-44-47-50-53-56-62(64)67-60-61(68-63(65)57-54-51-48-45-42-39-35-27-24-21-18-15-12-9-6-3)59-66-58-55-52-49-46-43-40-37-34-31-29-26-23-20-17-14-11-8-5-2/h25-26,28-29,61H,4-24,27,30-60H2,1-3H3/b28-25-,29-26-. The van der Waals surface area contributed by atoms with Crippen molar-refractivity contribution in [3.8, 4) is 0 Å². The lowest BCUT2D eigenvalue weighted by Gasteiger charge is -2.18. The van der Waals surface area contributed by atoms with Gasteiger partial charge < -0.3 is 14.2 Å². The van der Waals surface area contributed by atoms with Crippen LogP contribution in [0.15, 0.2) is 24.3 Å². The lowest BCUT2D eigenvalue weighted by Crippen LogP contribution is -2.30. The van der Waals surface area contributed by atoms with Crippen molar-refractivity contribution in [1.29, 1.82) is 0 Å². The molecule has 0 saturated carbocycles. The van der Waals surface area contributed by atoms with Gasteiger partial charge in [0.1, 0.15) is 6.61 Å². The molecular weight excluding hydrogens is 837 g/mol. The number of rotatable bonds is 58. The van der Waals surface area contributed by atoms with Crippen molar-refractivity contribution >= 4 is 11.9 Å². The first-order chi connectivity index (χ1) is 33.6. The summed E-state index contributed by atoms with van der Waals surface area (Å²) in [6.45, 7) is 7.89. The second kappa shape index (κ2) is 59.7. The van der Waals surface area contributed by atoms with Gasteiger partial charge >= 0.3 is 11.9 Å². The highest BCUT2D eigenvalue weighted by atomic mass is 16.6. The minimum atomic E-state index is -0.533. The Bertz CT molecular complexity index is 1040. The third-order valence-corrected chi connectivity index (χ3v) is 14.0. The Morgan fingerprint density at radius 3 is 0.897 bits per heavy atom. The van der Waals surface area contributed by atoms with E-state index < -0.39 is 6.10 Å². The lowest BCUT2D eigenvalue weighted by molar-refractivity contribution is -0.163. The number of allylic oxidation sites excluding steroid dienone is 4. The fraction of sp³-hybridized carbons (Fsp3) is 0.905. The van der Waals surface area contributed by atoms with Crippen molar-refractivity contribution < 1.29 is 23.8 Å². The predicted octanol–water partition coefficient (Wildman–Crippen LogP) is 21.1. The molecule has 1 atom stereocenters. The monoisotopic (exact) mass is 957 g/mol. The van der Waals surface area contributed by atoms with Crippen LogP contribution in [-0.2, 0) is 23.8 Å². The summed E-state index contributed by atoms with van der Waals surface area (Å²) in [6, 6.07) is 0. The smallest absolute Gasteiger partial charge is 0.306 e. The van der Waals surface area contributed by atoms with Crippen molar-refractivity contribution in [3.63, 3.8) is 0 Å². The van der Waals surface area contributed by atoms with Crippen LogP contribution in [0.2, 0.25) is 0 Å². The number of hydrogen-bond donors (Lipinski definition) is 0. The van der Waals surface area contributed by atoms with Gasteiger partial charge in [-0.1, -0.05) is 283 Å². The first-order valence-corrected chi connectivity index (χ1v) is 30.9. The van der Waals surface area contributed by atoms with Crippen LogP contribution < -0.4 is 0 Å². The molecule has 0 radical (unpaired) electrons. The molecule has 402 valence electrons. The number of carbonyl (C=O) groups is 2. The van der Waals surface area contributed by atoms with Gasteiger partial charge in [0, 0.05) is 19.4 Å². The van der Waals surface area contributed by atoms with Crippen LogP contribution in [0, 0.1) is 0 Å². The summed E-state index contributed by atoms with van der Waals surface area (Å²) < 4.78 is 17.5. The van der Waals surface area contributed by atoms with Crippen LogP contribution >= 0.6 is 0 Å². The molecule has 0 N–H and O–H groups in total. The predicted molar refractivity (Wildman–Crippen MR) is 298 cm³/mol. The second-order valence-electron chi connectivity index (χ2n) is 21.0. The normalized spacial score (nSPS) is 12.2. The van der Waals surface area contributed by atoms with Gasteiger partial charge in [-0.05, 0) is 70.6 Å². The molecule has 1 unspecified atom stereocenters. The maximum absolute atomic E-state index is 12.9. The summed E-state index contributed by atoms with van der Waals surface area (Å²) in [5.74, 6) is -0.376. The lowest BCUT2D eigenvalue weighted by atomic mass is 10.0. The van der Waals surface area contributed by atoms with Gasteiger partial charge in [0.25, 0.3) is 0 Å². The summed E-state index contributed by atoms with van der Waals surface area (Å²) in [6.07, 6.45) is 72.1. The Morgan fingerprint density at radius 2 is 0.574 bits per heavy atom. The maximum atomic E-state index is 12.9. The summed E-state index contributed by atoms with van der Waals surface area (Å²) in [5.41, 5.74) is 0. The Kier molecular flexibility index (Phi) is 58.3. The quantitative estimate of drug-likeness (QED) is 0.0345. The van der Waals surface area contributed by atoms with Crippen molar-refractivity contribution in [2.75, 3.05) is 19.8 Å². The molecule has 0 aliphatic rings. The average molecular weight is 958 g/mol. The minimum absolute atomic E-state index is 0.0905. The van der Waals surface area contributed by atoms with Crippen LogP contribution in [0.5, 0.6) is 0 Å². The molecule has 0 aliphatic heterocycles. The molecule has 0 rings (SSSR count). The van der Waals surface area contributed by atoms with E-state index in [9.17, 15) is 9.59 Å². The van der Waals surface area contributed by atoms with Crippen molar-refractivity contribution in [2.24, 2.45) is 0 Å². The molecule has 0 amide bonds. The van der Waals surface area contributed by atoms with Crippen LogP contribution in [0.3, 0.4) is 0 Å². The maximum Gasteiger partial charge on any atom is 0.306 e. The molecule has 0 heterocycles. The average Bonchev–Trinajstić information content (AvgIpc) is 3.34. The van der Waals surface area contributed by atoms with Gasteiger partial charge in [-0.2, -0.15) is 0 Å². The molecule has 0 aromatic heterocycles. The SMILES string of the molecule is CCCCCCCC/C=C\CCCCCCCCCCCC(=O)OCC(COCCCCCCCCCC/C=C\CCCCCCCC)OC(=O)CCCCCCCCCCCCCCCCC. The zero-order valence-electron chi connectivity index (χ0n) is 46.4. The van der Waals surface area contributed by atoms with E-state index >= 15 is 0 Å². The largest absolute Gasteiger partial charge is 0.462 e. The third-order valence-electron chi connectivity index (χ3n) is 14.0. The van der Waals surface area contributed by atoms with E-state index in [1.807, 2.05) is 0 Å². The van der Waals surface area contributed by atoms with Crippen LogP contribution in [0.25, 0.3) is 0 Å². The Labute approximate surface area is 426 Å². The van der Waals surface area contributed by atoms with Gasteiger partial charge in [-0.15, -0.1) is 0 Å². The molecule has 0 spiro atoms. The van der Waals surface area contributed by atoms with Gasteiger partial charge in [0.05, 0.1) is 6.61 Å². The Morgan fingerprint density at radius 1 is 0.309 bits per heavy atom. The summed E-state index contributed by atoms with van der Waals surface area (Å²) >= 11 is 0. The fourth-order valence-electron chi connectivity index (χ4n) is 9.33. The summed E-state index contributed by atoms with van der Waals surface area (Å²) in [7, 11) is 0. The second-order valence-corrected chi connectivity index (χ2v) is 21.0. The molecule has 0 aromatic carbocycles. The van der Waals surface area contributed by atoms with Crippen LogP contribution in [0.4, 0.5) is 0 Å². The summed E-state index contributed by atoms with van der Waals surface area (Å²) in [4.78, 5) is 25.6. The van der Waals surface area contributed by atoms with Gasteiger partial charge in [-0.25, -0.2) is 0 Å². The van der Waals surface area contributed by atoms with E-state index in [-0.39, 0.29) is 18.5 Å². The topological polar surface area (TPSA) is 61.8 Å². The summed E-state index contributed by atoms with van der Waals surface area (Å²) in [5, 5.41) is 0. The number of unbranched alkanes of at least 4 members (excludes halogenated alkanes) is 43. The van der Waals surface area contributed by atoms with E-state index in [1.165, 1.54) is 270 Å². The zero-order chi connectivity index (χ0) is 49.2. The Hall–Kier alpha value is -1.62. The molecule has 68 heavy (non-hydrogen) atoms. The molecule has 5 heteroatoms. The third kappa shape index (κ3) is 57.0. The van der Waals surface area contributed by atoms with Crippen LogP contribution in [-0.4, -0.2) is 37.9 Å². The highest BCUT2D eigenvalue weighted by Crippen LogP contribution is 2.17. The van der Waals surface area contributed by atoms with Gasteiger partial charge in [0.15, 0.2) is 6.10 Å². The molecule has 0 saturated heterocycles. The van der Waals surface area contributed by atoms with E-state index in [0.717, 1.165) is 38.5 Å². The van der Waals surface area contributed by atoms with Gasteiger partial charge in [-0.3, -0.25) is 9.59 Å². The highest BCUT2D eigenvalue weighted by molar-refractivity contribution is 5.70. The Balaban J connectivity index is 4.21. The van der Waals surface area contributed by atoms with E-state index in [1.54, 1.807) is 0 Å². The van der Waals surface area contributed by atoms with Gasteiger partial charge in [0.2, 0.25) is 0 Å².